The quantitative estimate of drug-likeness (QED) is 0.222. The number of rotatable bonds is 12. The van der Waals surface area contributed by atoms with Gasteiger partial charge in [-0.25, -0.2) is 4.72 Å². The molecule has 162 valence electrons. The molecule has 1 rings (SSSR count). The average Bonchev–Trinajstić information content (AvgIpc) is 2.60. The molecule has 0 radical (unpaired) electrons. The lowest BCUT2D eigenvalue weighted by atomic mass is 10.1. The van der Waals surface area contributed by atoms with Crippen LogP contribution in [0.1, 0.15) is 12.8 Å². The minimum absolute atomic E-state index is 0.0973. The van der Waals surface area contributed by atoms with Crippen LogP contribution in [0.2, 0.25) is 0 Å². The van der Waals surface area contributed by atoms with Crippen molar-refractivity contribution in [2.45, 2.75) is 25.0 Å². The van der Waals surface area contributed by atoms with Crippen molar-refractivity contribution in [3.8, 4) is 5.75 Å². The number of hydrogen-bond acceptors (Lipinski definition) is 8. The smallest absolute Gasteiger partial charge is 0.359 e. The summed E-state index contributed by atoms with van der Waals surface area (Å²) < 4.78 is 65.2. The summed E-state index contributed by atoms with van der Waals surface area (Å²) >= 11 is 0. The lowest BCUT2D eigenvalue weighted by Gasteiger charge is -2.25. The second kappa shape index (κ2) is 10.9. The highest BCUT2D eigenvalue weighted by Crippen LogP contribution is 2.13. The fourth-order valence-electron chi connectivity index (χ4n) is 2.18. The van der Waals surface area contributed by atoms with Crippen molar-refractivity contribution >= 4 is 32.2 Å². The predicted octanol–water partition coefficient (Wildman–Crippen LogP) is -0.220. The van der Waals surface area contributed by atoms with E-state index in [0.717, 1.165) is 6.26 Å². The molecule has 0 fully saturated rings. The highest BCUT2D eigenvalue weighted by molar-refractivity contribution is 7.86. The summed E-state index contributed by atoms with van der Waals surface area (Å²) in [7, 11) is -9.04. The molecule has 0 saturated heterocycles. The van der Waals surface area contributed by atoms with Crippen molar-refractivity contribution in [3.05, 3.63) is 43.0 Å². The molecule has 29 heavy (non-hydrogen) atoms. The van der Waals surface area contributed by atoms with Gasteiger partial charge in [-0.15, -0.1) is 6.58 Å². The predicted molar refractivity (Wildman–Crippen MR) is 103 cm³/mol. The molecule has 11 nitrogen and oxygen atoms in total. The minimum atomic E-state index is -4.96. The van der Waals surface area contributed by atoms with Gasteiger partial charge in [0.1, 0.15) is 17.9 Å². The van der Waals surface area contributed by atoms with Gasteiger partial charge in [0.05, 0.1) is 6.26 Å². The second-order valence-corrected chi connectivity index (χ2v) is 8.55. The number of amides is 2. The number of ether oxygens (including phenoxy) is 1. The van der Waals surface area contributed by atoms with Crippen LogP contribution >= 0.6 is 0 Å². The SMILES string of the molecule is C=CCC[C@H](OS(C)(=O)=O)[C@H](NC(=O)COc1ccccc1)C(=O)NS(=O)(=O)O. The Labute approximate surface area is 169 Å². The molecule has 2 atom stereocenters. The summed E-state index contributed by atoms with van der Waals surface area (Å²) in [5, 5.41) is 2.17. The number of nitrogens with one attached hydrogen (secondary N) is 2. The summed E-state index contributed by atoms with van der Waals surface area (Å²) in [6.07, 6.45) is 0.764. The lowest BCUT2D eigenvalue weighted by Crippen LogP contribution is -2.56. The molecular formula is C16H22N2O9S2. The van der Waals surface area contributed by atoms with Crippen molar-refractivity contribution in [2.24, 2.45) is 0 Å². The Morgan fingerprint density at radius 2 is 1.83 bits per heavy atom. The van der Waals surface area contributed by atoms with Gasteiger partial charge in [0.15, 0.2) is 6.61 Å². The number of carbonyl (C=O) groups excluding carboxylic acids is 2. The summed E-state index contributed by atoms with van der Waals surface area (Å²) in [6, 6.07) is 6.46. The molecule has 1 aromatic rings. The van der Waals surface area contributed by atoms with Gasteiger partial charge in [0.2, 0.25) is 0 Å². The summed E-state index contributed by atoms with van der Waals surface area (Å²) in [6.45, 7) is 2.92. The van der Waals surface area contributed by atoms with E-state index in [1.54, 1.807) is 30.3 Å². The Hall–Kier alpha value is -2.48. The van der Waals surface area contributed by atoms with Crippen LogP contribution in [0.4, 0.5) is 0 Å². The van der Waals surface area contributed by atoms with Gasteiger partial charge in [0.25, 0.3) is 21.9 Å². The van der Waals surface area contributed by atoms with E-state index in [0.29, 0.717) is 5.75 Å². The average molecular weight is 450 g/mol. The zero-order valence-electron chi connectivity index (χ0n) is 15.5. The van der Waals surface area contributed by atoms with Crippen LogP contribution in [-0.4, -0.2) is 58.2 Å². The molecule has 0 bridgehead atoms. The largest absolute Gasteiger partial charge is 0.484 e. The molecule has 0 aliphatic carbocycles. The Morgan fingerprint density at radius 3 is 2.34 bits per heavy atom. The molecule has 1 aromatic carbocycles. The number of benzene rings is 1. The normalized spacial score (nSPS) is 13.7. The van der Waals surface area contributed by atoms with Gasteiger partial charge in [0, 0.05) is 0 Å². The van der Waals surface area contributed by atoms with Crippen molar-refractivity contribution in [1.29, 1.82) is 0 Å². The summed E-state index contributed by atoms with van der Waals surface area (Å²) in [4.78, 5) is 24.4. The van der Waals surface area contributed by atoms with Crippen LogP contribution in [0, 0.1) is 0 Å². The molecule has 0 aliphatic rings. The van der Waals surface area contributed by atoms with E-state index < -0.39 is 51.0 Å². The van der Waals surface area contributed by atoms with Gasteiger partial charge in [-0.3, -0.25) is 18.3 Å². The maximum absolute atomic E-state index is 12.3. The van der Waals surface area contributed by atoms with Crippen LogP contribution in [0.3, 0.4) is 0 Å². The second-order valence-electron chi connectivity index (χ2n) is 5.79. The molecule has 0 saturated carbocycles. The van der Waals surface area contributed by atoms with E-state index >= 15 is 0 Å². The molecule has 2 amide bonds. The molecule has 0 aliphatic heterocycles. The van der Waals surface area contributed by atoms with E-state index in [-0.39, 0.29) is 12.8 Å². The van der Waals surface area contributed by atoms with Crippen LogP contribution in [-0.2, 0) is 34.2 Å². The number of allylic oxidation sites excluding steroid dienone is 1. The van der Waals surface area contributed by atoms with Crippen molar-refractivity contribution in [3.63, 3.8) is 0 Å². The van der Waals surface area contributed by atoms with E-state index in [9.17, 15) is 26.4 Å². The van der Waals surface area contributed by atoms with Crippen molar-refractivity contribution in [1.82, 2.24) is 10.0 Å². The third-order valence-corrected chi connectivity index (χ3v) is 4.32. The highest BCUT2D eigenvalue weighted by atomic mass is 32.2. The third kappa shape index (κ3) is 10.6. The first-order valence-electron chi connectivity index (χ1n) is 8.16. The molecule has 3 N–H and O–H groups in total. The zero-order valence-corrected chi connectivity index (χ0v) is 17.1. The number of hydrogen-bond donors (Lipinski definition) is 3. The number of para-hydroxylation sites is 1. The summed E-state index contributed by atoms with van der Waals surface area (Å²) in [5.74, 6) is -1.89. The minimum Gasteiger partial charge on any atom is -0.484 e. The Bertz CT molecular complexity index is 915. The van der Waals surface area contributed by atoms with Gasteiger partial charge >= 0.3 is 10.3 Å². The Balaban J connectivity index is 3.01. The Kier molecular flexibility index (Phi) is 9.23. The van der Waals surface area contributed by atoms with Crippen LogP contribution in [0.15, 0.2) is 43.0 Å². The molecule has 0 spiro atoms. The third-order valence-electron chi connectivity index (χ3n) is 3.27. The van der Waals surface area contributed by atoms with E-state index in [4.69, 9.17) is 13.5 Å². The maximum atomic E-state index is 12.3. The maximum Gasteiger partial charge on any atom is 0.359 e. The van der Waals surface area contributed by atoms with E-state index in [1.165, 1.54) is 10.8 Å². The zero-order chi connectivity index (χ0) is 22.1. The number of carbonyl (C=O) groups is 2. The van der Waals surface area contributed by atoms with Gasteiger partial charge in [-0.2, -0.15) is 16.8 Å². The van der Waals surface area contributed by atoms with E-state index in [2.05, 4.69) is 11.9 Å². The van der Waals surface area contributed by atoms with E-state index in [1.807, 2.05) is 0 Å². The summed E-state index contributed by atoms with van der Waals surface area (Å²) in [5.41, 5.74) is 0. The molecule has 13 heteroatoms. The lowest BCUT2D eigenvalue weighted by molar-refractivity contribution is -0.131. The first-order chi connectivity index (χ1) is 13.4. The molecular weight excluding hydrogens is 428 g/mol. The van der Waals surface area contributed by atoms with Gasteiger partial charge in [-0.1, -0.05) is 24.3 Å². The van der Waals surface area contributed by atoms with Gasteiger partial charge in [-0.05, 0) is 25.0 Å². The first kappa shape index (κ1) is 24.6. The van der Waals surface area contributed by atoms with Crippen molar-refractivity contribution in [2.75, 3.05) is 12.9 Å². The van der Waals surface area contributed by atoms with Gasteiger partial charge < -0.3 is 10.1 Å². The van der Waals surface area contributed by atoms with Crippen molar-refractivity contribution < 1.29 is 39.9 Å². The standard InChI is InChI=1S/C16H22N2O9S2/c1-3-4-10-13(27-28(2,21)22)15(16(20)18-29(23,24)25)17-14(19)11-26-12-8-6-5-7-9-12/h3,5-9,13,15H,1,4,10-11H2,2H3,(H,17,19)(H,18,20)(H,23,24,25)/t13-,15-/m0/s1. The fraction of sp³-hybridized carbons (Fsp3) is 0.375. The fourth-order valence-corrected chi connectivity index (χ4v) is 3.21. The monoisotopic (exact) mass is 450 g/mol. The molecule has 0 unspecified atom stereocenters. The Morgan fingerprint density at radius 1 is 1.21 bits per heavy atom. The molecule has 0 heterocycles. The topological polar surface area (TPSA) is 165 Å². The first-order valence-corrected chi connectivity index (χ1v) is 11.4. The van der Waals surface area contributed by atoms with Crippen LogP contribution in [0.25, 0.3) is 0 Å². The van der Waals surface area contributed by atoms with Crippen LogP contribution in [0.5, 0.6) is 5.75 Å². The van der Waals surface area contributed by atoms with Crippen LogP contribution < -0.4 is 14.8 Å². The molecule has 0 aromatic heterocycles. The highest BCUT2D eigenvalue weighted by Gasteiger charge is 2.34.